The molecule has 0 amide bonds. The Kier molecular flexibility index (Phi) is 8.68. The molecular weight excluding hydrogens is 238 g/mol. The summed E-state index contributed by atoms with van der Waals surface area (Å²) < 4.78 is 0. The van der Waals surface area contributed by atoms with Crippen molar-refractivity contribution >= 4 is 16.1 Å². The molecule has 1 N–H and O–H groups in total. The van der Waals surface area contributed by atoms with Gasteiger partial charge in [-0.05, 0) is 12.3 Å². The molecule has 0 rings (SSSR count). The van der Waals surface area contributed by atoms with E-state index in [9.17, 15) is 0 Å². The van der Waals surface area contributed by atoms with Crippen LogP contribution in [-0.4, -0.2) is 28.5 Å². The zero-order chi connectivity index (χ0) is 13.4. The Hall–Kier alpha value is 0.394. The Morgan fingerprint density at radius 3 is 0.941 bits per heavy atom. The average Bonchev–Trinajstić information content (AvgIpc) is 2.41. The number of hydrogen-bond acceptors (Lipinski definition) is 1. The largest absolute Gasteiger partial charge is 0.322 e. The third-order valence-electron chi connectivity index (χ3n) is 5.50. The fourth-order valence-corrected chi connectivity index (χ4v) is 8.90. The van der Waals surface area contributed by atoms with Gasteiger partial charge in [0.1, 0.15) is 0 Å². The summed E-state index contributed by atoms with van der Waals surface area (Å²) in [5.74, 6) is 0. The van der Waals surface area contributed by atoms with Gasteiger partial charge >= 0.3 is 0 Å². The van der Waals surface area contributed by atoms with Crippen molar-refractivity contribution in [3.05, 3.63) is 0 Å². The monoisotopic (exact) mass is 273 g/mol. The van der Waals surface area contributed by atoms with Crippen LogP contribution in [0, 0.1) is 0 Å². The van der Waals surface area contributed by atoms with E-state index < -0.39 is 16.1 Å². The van der Waals surface area contributed by atoms with Crippen LogP contribution in [0.4, 0.5) is 0 Å². The first-order valence-electron chi connectivity index (χ1n) is 7.78. The normalized spacial score (nSPS) is 13.1. The van der Waals surface area contributed by atoms with E-state index in [1.165, 1.54) is 48.6 Å². The first kappa shape index (κ1) is 17.4. The first-order valence-corrected chi connectivity index (χ1v) is 13.4. The third-order valence-corrected chi connectivity index (χ3v) is 16.5. The van der Waals surface area contributed by atoms with Crippen LogP contribution in [0.1, 0.15) is 41.5 Å². The lowest BCUT2D eigenvalue weighted by Crippen LogP contribution is -2.50. The molecule has 0 unspecified atom stereocenters. The Morgan fingerprint density at radius 1 is 0.529 bits per heavy atom. The highest BCUT2D eigenvalue weighted by Crippen LogP contribution is 2.21. The van der Waals surface area contributed by atoms with Crippen molar-refractivity contribution in [2.75, 3.05) is 12.3 Å². The zero-order valence-electron chi connectivity index (χ0n) is 13.2. The lowest BCUT2D eigenvalue weighted by molar-refractivity contribution is 0.847. The van der Waals surface area contributed by atoms with Crippen LogP contribution in [-0.2, 0) is 0 Å². The maximum Gasteiger partial charge on any atom is 0.0679 e. The summed E-state index contributed by atoms with van der Waals surface area (Å²) in [5.41, 5.74) is 0. The topological polar surface area (TPSA) is 12.0 Å². The van der Waals surface area contributed by atoms with E-state index in [1.54, 1.807) is 0 Å². The minimum absolute atomic E-state index is 0.944. The summed E-state index contributed by atoms with van der Waals surface area (Å²) >= 11 is 0. The van der Waals surface area contributed by atoms with E-state index in [-0.39, 0.29) is 0 Å². The lowest BCUT2D eigenvalue weighted by Gasteiger charge is -2.33. The fraction of sp³-hybridized carbons (Fsp3) is 1.00. The van der Waals surface area contributed by atoms with Gasteiger partial charge < -0.3 is 5.32 Å². The molecule has 0 saturated carbocycles. The van der Waals surface area contributed by atoms with E-state index in [4.69, 9.17) is 0 Å². The van der Waals surface area contributed by atoms with E-state index in [0.29, 0.717) is 0 Å². The molecule has 0 spiro atoms. The van der Waals surface area contributed by atoms with Gasteiger partial charge in [0.25, 0.3) is 0 Å². The maximum atomic E-state index is 3.90. The van der Waals surface area contributed by atoms with Crippen molar-refractivity contribution in [2.24, 2.45) is 0 Å². The van der Waals surface area contributed by atoms with Crippen LogP contribution in [0.15, 0.2) is 0 Å². The predicted molar refractivity (Wildman–Crippen MR) is 87.3 cm³/mol. The van der Waals surface area contributed by atoms with Gasteiger partial charge in [-0.15, -0.1) is 0 Å². The van der Waals surface area contributed by atoms with Crippen LogP contribution < -0.4 is 5.32 Å². The van der Waals surface area contributed by atoms with E-state index >= 15 is 0 Å². The van der Waals surface area contributed by atoms with Crippen molar-refractivity contribution in [3.8, 4) is 0 Å². The van der Waals surface area contributed by atoms with Crippen LogP contribution in [0.2, 0.25) is 36.3 Å². The predicted octanol–water partition coefficient (Wildman–Crippen LogP) is 4.67. The Labute approximate surface area is 112 Å². The molecule has 104 valence electrons. The SMILES string of the molecule is CC[Si](CC)(CC)CNC[Si](CC)(CC)CC. The Balaban J connectivity index is 4.28. The third kappa shape index (κ3) is 4.88. The maximum absolute atomic E-state index is 3.90. The standard InChI is InChI=1S/C14H35NSi2/c1-7-16(8-2,9-3)13-15-14-17(10-4,11-5)12-6/h15H,7-14H2,1-6H3. The minimum Gasteiger partial charge on any atom is -0.322 e. The average molecular weight is 274 g/mol. The van der Waals surface area contributed by atoms with Gasteiger partial charge in [0.2, 0.25) is 0 Å². The number of rotatable bonds is 10. The number of nitrogens with one attached hydrogen (secondary N) is 1. The minimum atomic E-state index is -0.944. The summed E-state index contributed by atoms with van der Waals surface area (Å²) in [7, 11) is -1.89. The van der Waals surface area contributed by atoms with Crippen LogP contribution in [0.5, 0.6) is 0 Å². The second kappa shape index (κ2) is 8.49. The molecule has 0 saturated heterocycles. The van der Waals surface area contributed by atoms with Crippen LogP contribution >= 0.6 is 0 Å². The highest BCUT2D eigenvalue weighted by molar-refractivity contribution is 6.81. The van der Waals surface area contributed by atoms with E-state index in [2.05, 4.69) is 46.9 Å². The van der Waals surface area contributed by atoms with Crippen molar-refractivity contribution in [1.29, 1.82) is 0 Å². The van der Waals surface area contributed by atoms with Crippen molar-refractivity contribution in [3.63, 3.8) is 0 Å². The molecule has 0 aromatic heterocycles. The first-order chi connectivity index (χ1) is 8.07. The molecule has 0 aliphatic carbocycles. The van der Waals surface area contributed by atoms with Gasteiger partial charge in [-0.1, -0.05) is 77.8 Å². The molecule has 0 aliphatic rings. The zero-order valence-corrected chi connectivity index (χ0v) is 15.2. The van der Waals surface area contributed by atoms with Crippen LogP contribution in [0.3, 0.4) is 0 Å². The molecule has 0 heterocycles. The highest BCUT2D eigenvalue weighted by Gasteiger charge is 2.30. The quantitative estimate of drug-likeness (QED) is 0.570. The van der Waals surface area contributed by atoms with Gasteiger partial charge in [0, 0.05) is 0 Å². The smallest absolute Gasteiger partial charge is 0.0679 e. The summed E-state index contributed by atoms with van der Waals surface area (Å²) in [6.07, 6.45) is 2.73. The molecular formula is C14H35NSi2. The summed E-state index contributed by atoms with van der Waals surface area (Å²) in [6, 6.07) is 8.70. The van der Waals surface area contributed by atoms with Gasteiger partial charge in [0.05, 0.1) is 16.1 Å². The van der Waals surface area contributed by atoms with Crippen LogP contribution in [0.25, 0.3) is 0 Å². The lowest BCUT2D eigenvalue weighted by atomic mass is 10.9. The van der Waals surface area contributed by atoms with E-state index in [0.717, 1.165) is 0 Å². The second-order valence-corrected chi connectivity index (χ2v) is 16.7. The molecule has 0 atom stereocenters. The highest BCUT2D eigenvalue weighted by atomic mass is 28.3. The van der Waals surface area contributed by atoms with Crippen molar-refractivity contribution < 1.29 is 0 Å². The number of hydrogen-bond donors (Lipinski definition) is 1. The molecule has 3 heteroatoms. The fourth-order valence-electron chi connectivity index (χ4n) is 2.84. The Bertz CT molecular complexity index is 150. The molecule has 1 nitrogen and oxygen atoms in total. The second-order valence-electron chi connectivity index (χ2n) is 5.72. The summed E-state index contributed by atoms with van der Waals surface area (Å²) in [5, 5.41) is 3.90. The van der Waals surface area contributed by atoms with Crippen molar-refractivity contribution in [2.45, 2.75) is 77.8 Å². The summed E-state index contributed by atoms with van der Waals surface area (Å²) in [4.78, 5) is 0. The van der Waals surface area contributed by atoms with Crippen molar-refractivity contribution in [1.82, 2.24) is 5.32 Å². The van der Waals surface area contributed by atoms with Gasteiger partial charge in [-0.25, -0.2) is 0 Å². The molecule has 0 fully saturated rings. The van der Waals surface area contributed by atoms with Gasteiger partial charge in [-0.3, -0.25) is 0 Å². The van der Waals surface area contributed by atoms with E-state index in [1.807, 2.05) is 0 Å². The summed E-state index contributed by atoms with van der Waals surface area (Å²) in [6.45, 7) is 14.4. The van der Waals surface area contributed by atoms with Gasteiger partial charge in [-0.2, -0.15) is 0 Å². The molecule has 0 aromatic carbocycles. The molecule has 0 aliphatic heterocycles. The molecule has 0 radical (unpaired) electrons. The Morgan fingerprint density at radius 2 is 0.765 bits per heavy atom. The van der Waals surface area contributed by atoms with Gasteiger partial charge in [0.15, 0.2) is 0 Å². The molecule has 0 aromatic rings. The molecule has 17 heavy (non-hydrogen) atoms. The molecule has 0 bridgehead atoms.